The molecule has 18 heavy (non-hydrogen) atoms. The average Bonchev–Trinajstić information content (AvgIpc) is 2.75. The van der Waals surface area contributed by atoms with E-state index in [9.17, 15) is 0 Å². The lowest BCUT2D eigenvalue weighted by Gasteiger charge is -2.09. The first-order valence-electron chi connectivity index (χ1n) is 5.02. The zero-order valence-electron chi connectivity index (χ0n) is 10.1. The monoisotopic (exact) mass is 306 g/mol. The van der Waals surface area contributed by atoms with Crippen LogP contribution in [0.2, 0.25) is 0 Å². The van der Waals surface area contributed by atoms with Gasteiger partial charge in [-0.1, -0.05) is 12.1 Å². The van der Waals surface area contributed by atoms with Crippen LogP contribution in [0.3, 0.4) is 0 Å². The standard InChI is InChI=1S/C12H14N2OS.2ClH/c1-8-7-16-12(14-8)11(13)9-3-5-10(15-2)6-4-9;;/h3-7,11H,13H2,1-2H3;2*1H. The lowest BCUT2D eigenvalue weighted by Crippen LogP contribution is -2.11. The van der Waals surface area contributed by atoms with Gasteiger partial charge in [0.25, 0.3) is 0 Å². The second-order valence-corrected chi connectivity index (χ2v) is 4.47. The first-order valence-corrected chi connectivity index (χ1v) is 5.90. The molecular weight excluding hydrogens is 291 g/mol. The summed E-state index contributed by atoms with van der Waals surface area (Å²) < 4.78 is 5.10. The summed E-state index contributed by atoms with van der Waals surface area (Å²) in [6.45, 7) is 1.97. The molecule has 0 bridgehead atoms. The van der Waals surface area contributed by atoms with Crippen LogP contribution in [0.1, 0.15) is 22.3 Å². The zero-order valence-corrected chi connectivity index (χ0v) is 12.6. The Labute approximate surface area is 123 Å². The molecule has 0 spiro atoms. The highest BCUT2D eigenvalue weighted by molar-refractivity contribution is 7.09. The maximum Gasteiger partial charge on any atom is 0.118 e. The van der Waals surface area contributed by atoms with Crippen LogP contribution < -0.4 is 10.5 Å². The highest BCUT2D eigenvalue weighted by Gasteiger charge is 2.12. The second-order valence-electron chi connectivity index (χ2n) is 3.58. The fraction of sp³-hybridized carbons (Fsp3) is 0.250. The normalized spacial score (nSPS) is 11.1. The number of nitrogens with zero attached hydrogens (tertiary/aromatic N) is 1. The van der Waals surface area contributed by atoms with Gasteiger partial charge in [-0.3, -0.25) is 0 Å². The van der Waals surface area contributed by atoms with E-state index in [0.717, 1.165) is 22.0 Å². The van der Waals surface area contributed by atoms with Gasteiger partial charge in [0.1, 0.15) is 10.8 Å². The minimum atomic E-state index is -0.149. The van der Waals surface area contributed by atoms with Crippen molar-refractivity contribution in [3.63, 3.8) is 0 Å². The molecule has 6 heteroatoms. The van der Waals surface area contributed by atoms with Gasteiger partial charge >= 0.3 is 0 Å². The number of thiazole rings is 1. The summed E-state index contributed by atoms with van der Waals surface area (Å²) in [4.78, 5) is 4.39. The lowest BCUT2D eigenvalue weighted by molar-refractivity contribution is 0.414. The van der Waals surface area contributed by atoms with E-state index in [1.807, 2.05) is 36.6 Å². The Kier molecular flexibility index (Phi) is 7.25. The van der Waals surface area contributed by atoms with Gasteiger partial charge in [0, 0.05) is 11.1 Å². The number of halogens is 2. The van der Waals surface area contributed by atoms with Crippen molar-refractivity contribution in [1.29, 1.82) is 0 Å². The quantitative estimate of drug-likeness (QED) is 0.946. The van der Waals surface area contributed by atoms with Crippen LogP contribution in [0.15, 0.2) is 29.6 Å². The molecule has 1 atom stereocenters. The van der Waals surface area contributed by atoms with Crippen LogP contribution in [0, 0.1) is 6.92 Å². The molecule has 100 valence electrons. The number of aryl methyl sites for hydroxylation is 1. The minimum absolute atomic E-state index is 0. The third kappa shape index (κ3) is 3.85. The van der Waals surface area contributed by atoms with E-state index >= 15 is 0 Å². The summed E-state index contributed by atoms with van der Waals surface area (Å²) in [7, 11) is 1.65. The summed E-state index contributed by atoms with van der Waals surface area (Å²) in [5.74, 6) is 0.839. The number of benzene rings is 1. The number of hydrogen-bond donors (Lipinski definition) is 1. The Bertz CT molecular complexity index is 473. The molecule has 2 N–H and O–H groups in total. The predicted molar refractivity (Wildman–Crippen MR) is 80.4 cm³/mol. The zero-order chi connectivity index (χ0) is 11.5. The molecule has 0 aliphatic carbocycles. The summed E-state index contributed by atoms with van der Waals surface area (Å²) in [6.07, 6.45) is 0. The molecule has 0 saturated heterocycles. The summed E-state index contributed by atoms with van der Waals surface area (Å²) >= 11 is 1.60. The van der Waals surface area contributed by atoms with Gasteiger partial charge in [0.2, 0.25) is 0 Å². The largest absolute Gasteiger partial charge is 0.497 e. The molecule has 0 fully saturated rings. The second kappa shape index (κ2) is 7.59. The van der Waals surface area contributed by atoms with E-state index in [1.54, 1.807) is 18.4 Å². The highest BCUT2D eigenvalue weighted by atomic mass is 35.5. The Balaban J connectivity index is 0.00000144. The number of methoxy groups -OCH3 is 1. The molecule has 1 aromatic heterocycles. The molecule has 2 aromatic rings. The van der Waals surface area contributed by atoms with Crippen LogP contribution in [0.5, 0.6) is 5.75 Å². The molecule has 0 aliphatic heterocycles. The number of ether oxygens (including phenoxy) is 1. The fourth-order valence-corrected chi connectivity index (χ4v) is 2.29. The van der Waals surface area contributed by atoms with Crippen molar-refractivity contribution in [3.05, 3.63) is 45.9 Å². The molecular formula is C12H16Cl2N2OS. The minimum Gasteiger partial charge on any atom is -0.497 e. The first kappa shape index (κ1) is 17.2. The van der Waals surface area contributed by atoms with Gasteiger partial charge in [0.15, 0.2) is 0 Å². The first-order chi connectivity index (χ1) is 7.70. The van der Waals surface area contributed by atoms with Gasteiger partial charge in [0.05, 0.1) is 13.2 Å². The number of hydrogen-bond acceptors (Lipinski definition) is 4. The van der Waals surface area contributed by atoms with Gasteiger partial charge < -0.3 is 10.5 Å². The van der Waals surface area contributed by atoms with Crippen LogP contribution in [-0.4, -0.2) is 12.1 Å². The smallest absolute Gasteiger partial charge is 0.118 e. The van der Waals surface area contributed by atoms with Crippen molar-refractivity contribution in [3.8, 4) is 5.75 Å². The van der Waals surface area contributed by atoms with E-state index in [0.29, 0.717) is 0 Å². The van der Waals surface area contributed by atoms with Gasteiger partial charge in [-0.05, 0) is 24.6 Å². The molecule has 3 nitrogen and oxygen atoms in total. The molecule has 2 rings (SSSR count). The number of aromatic nitrogens is 1. The van der Waals surface area contributed by atoms with E-state index in [2.05, 4.69) is 4.98 Å². The Morgan fingerprint density at radius 2 is 1.83 bits per heavy atom. The van der Waals surface area contributed by atoms with Crippen molar-refractivity contribution >= 4 is 36.2 Å². The average molecular weight is 307 g/mol. The third-order valence-corrected chi connectivity index (χ3v) is 3.42. The molecule has 1 aromatic carbocycles. The van der Waals surface area contributed by atoms with Crippen molar-refractivity contribution in [1.82, 2.24) is 4.98 Å². The molecule has 1 unspecified atom stereocenters. The van der Waals surface area contributed by atoms with E-state index in [4.69, 9.17) is 10.5 Å². The van der Waals surface area contributed by atoms with E-state index < -0.39 is 0 Å². The number of rotatable bonds is 3. The van der Waals surface area contributed by atoms with Crippen LogP contribution in [-0.2, 0) is 0 Å². The maximum atomic E-state index is 6.13. The third-order valence-electron chi connectivity index (χ3n) is 2.38. The summed E-state index contributed by atoms with van der Waals surface area (Å²) in [6, 6.07) is 7.62. The summed E-state index contributed by atoms with van der Waals surface area (Å²) in [5.41, 5.74) is 8.20. The van der Waals surface area contributed by atoms with Crippen LogP contribution in [0.4, 0.5) is 0 Å². The van der Waals surface area contributed by atoms with Gasteiger partial charge in [-0.25, -0.2) is 4.98 Å². The lowest BCUT2D eigenvalue weighted by atomic mass is 10.1. The molecule has 1 heterocycles. The van der Waals surface area contributed by atoms with E-state index in [1.165, 1.54) is 0 Å². The fourth-order valence-electron chi connectivity index (χ4n) is 1.47. The van der Waals surface area contributed by atoms with Gasteiger partial charge in [-0.2, -0.15) is 0 Å². The SMILES string of the molecule is COc1ccc(C(N)c2nc(C)cs2)cc1.Cl.Cl. The van der Waals surface area contributed by atoms with Crippen LogP contribution >= 0.6 is 36.2 Å². The van der Waals surface area contributed by atoms with Crippen molar-refractivity contribution in [2.24, 2.45) is 5.73 Å². The van der Waals surface area contributed by atoms with Gasteiger partial charge in [-0.15, -0.1) is 36.2 Å². The molecule has 0 radical (unpaired) electrons. The van der Waals surface area contributed by atoms with Crippen molar-refractivity contribution in [2.45, 2.75) is 13.0 Å². The maximum absolute atomic E-state index is 6.13. The van der Waals surface area contributed by atoms with E-state index in [-0.39, 0.29) is 30.9 Å². The number of nitrogens with two attached hydrogens (primary N) is 1. The molecule has 0 saturated carbocycles. The Morgan fingerprint density at radius 1 is 1.22 bits per heavy atom. The van der Waals surface area contributed by atoms with Crippen molar-refractivity contribution in [2.75, 3.05) is 7.11 Å². The van der Waals surface area contributed by atoms with Crippen molar-refractivity contribution < 1.29 is 4.74 Å². The summed E-state index contributed by atoms with van der Waals surface area (Å²) in [5, 5.41) is 2.96. The van der Waals surface area contributed by atoms with Crippen LogP contribution in [0.25, 0.3) is 0 Å². The molecule has 0 aliphatic rings. The Morgan fingerprint density at radius 3 is 2.28 bits per heavy atom. The highest BCUT2D eigenvalue weighted by Crippen LogP contribution is 2.24. The topological polar surface area (TPSA) is 48.1 Å². The predicted octanol–water partition coefficient (Wildman–Crippen LogP) is 3.35. The Hall–Kier alpha value is -0.810. The molecule has 0 amide bonds.